The van der Waals surface area contributed by atoms with Gasteiger partial charge in [0.05, 0.1) is 6.20 Å². The molecule has 15 heavy (non-hydrogen) atoms. The van der Waals surface area contributed by atoms with Crippen molar-refractivity contribution in [3.8, 4) is 0 Å². The van der Waals surface area contributed by atoms with Gasteiger partial charge in [-0.3, -0.25) is 5.10 Å². The van der Waals surface area contributed by atoms with Crippen molar-refractivity contribution in [2.45, 2.75) is 5.03 Å². The topological polar surface area (TPSA) is 66.1 Å². The Morgan fingerprint density at radius 2 is 2.00 bits per heavy atom. The van der Waals surface area contributed by atoms with E-state index in [1.807, 2.05) is 0 Å². The Morgan fingerprint density at radius 1 is 1.40 bits per heavy atom. The second-order valence-corrected chi connectivity index (χ2v) is 4.73. The summed E-state index contributed by atoms with van der Waals surface area (Å²) in [7, 11) is -3.51. The fourth-order valence-corrected chi connectivity index (χ4v) is 2.37. The summed E-state index contributed by atoms with van der Waals surface area (Å²) in [4.78, 5) is 0. The quantitative estimate of drug-likeness (QED) is 0.730. The molecule has 0 radical (unpaired) electrons. The van der Waals surface area contributed by atoms with Crippen LogP contribution < -0.4 is 0 Å². The van der Waals surface area contributed by atoms with Crippen LogP contribution in [0.2, 0.25) is 0 Å². The Labute approximate surface area is 89.2 Å². The zero-order chi connectivity index (χ0) is 11.3. The van der Waals surface area contributed by atoms with E-state index in [2.05, 4.69) is 23.4 Å². The molecule has 6 heteroatoms. The third kappa shape index (κ3) is 2.54. The summed E-state index contributed by atoms with van der Waals surface area (Å²) in [6.45, 7) is 7.51. The van der Waals surface area contributed by atoms with Gasteiger partial charge in [0.15, 0.2) is 5.03 Å². The van der Waals surface area contributed by atoms with Gasteiger partial charge >= 0.3 is 0 Å². The Balaban J connectivity index is 3.01. The highest BCUT2D eigenvalue weighted by Gasteiger charge is 2.23. The Morgan fingerprint density at radius 3 is 2.40 bits per heavy atom. The molecule has 82 valence electrons. The van der Waals surface area contributed by atoms with Crippen molar-refractivity contribution in [2.24, 2.45) is 0 Å². The number of nitrogens with one attached hydrogen (secondary N) is 1. The van der Waals surface area contributed by atoms with E-state index in [0.717, 1.165) is 0 Å². The fraction of sp³-hybridized carbons (Fsp3) is 0.222. The van der Waals surface area contributed by atoms with Crippen molar-refractivity contribution in [1.82, 2.24) is 14.5 Å². The van der Waals surface area contributed by atoms with Crippen molar-refractivity contribution < 1.29 is 8.42 Å². The molecule has 0 amide bonds. The smallest absolute Gasteiger partial charge is 0.260 e. The summed E-state index contributed by atoms with van der Waals surface area (Å²) in [5.74, 6) is 0. The van der Waals surface area contributed by atoms with Crippen LogP contribution in [0, 0.1) is 0 Å². The largest absolute Gasteiger partial charge is 0.266 e. The van der Waals surface area contributed by atoms with Gasteiger partial charge in [0.25, 0.3) is 10.0 Å². The first-order valence-electron chi connectivity index (χ1n) is 4.34. The van der Waals surface area contributed by atoms with E-state index in [4.69, 9.17) is 0 Å². The van der Waals surface area contributed by atoms with Gasteiger partial charge in [-0.2, -0.15) is 9.40 Å². The highest BCUT2D eigenvalue weighted by atomic mass is 32.2. The van der Waals surface area contributed by atoms with Crippen molar-refractivity contribution in [3.63, 3.8) is 0 Å². The molecule has 5 nitrogen and oxygen atoms in total. The number of aromatic nitrogens is 2. The molecule has 0 unspecified atom stereocenters. The lowest BCUT2D eigenvalue weighted by molar-refractivity contribution is 0.471. The maximum atomic E-state index is 11.9. The second-order valence-electron chi connectivity index (χ2n) is 2.82. The van der Waals surface area contributed by atoms with E-state index in [1.54, 1.807) is 0 Å². The highest BCUT2D eigenvalue weighted by Crippen LogP contribution is 2.11. The first kappa shape index (κ1) is 11.7. The molecule has 0 aliphatic heterocycles. The Bertz CT molecular complexity index is 412. The van der Waals surface area contributed by atoms with Gasteiger partial charge < -0.3 is 0 Å². The SMILES string of the molecule is C=CCN(CC=C)S(=O)(=O)c1ccn[nH]1. The standard InChI is InChI=1S/C9H13N3O2S/c1-3-7-12(8-4-2)15(13,14)9-5-6-10-11-9/h3-6H,1-2,7-8H2,(H,10,11). The minimum atomic E-state index is -3.51. The third-order valence-corrected chi connectivity index (χ3v) is 3.52. The molecular weight excluding hydrogens is 214 g/mol. The molecule has 0 aromatic carbocycles. The predicted molar refractivity (Wildman–Crippen MR) is 57.7 cm³/mol. The Kier molecular flexibility index (Phi) is 3.81. The zero-order valence-corrected chi connectivity index (χ0v) is 9.07. The number of H-pyrrole nitrogens is 1. The van der Waals surface area contributed by atoms with Gasteiger partial charge in [-0.1, -0.05) is 12.2 Å². The lowest BCUT2D eigenvalue weighted by atomic mass is 10.5. The average molecular weight is 227 g/mol. The maximum Gasteiger partial charge on any atom is 0.260 e. The van der Waals surface area contributed by atoms with Crippen LogP contribution in [-0.4, -0.2) is 36.0 Å². The van der Waals surface area contributed by atoms with Crippen molar-refractivity contribution in [3.05, 3.63) is 37.6 Å². The number of rotatable bonds is 6. The normalized spacial score (nSPS) is 11.5. The summed E-state index contributed by atoms with van der Waals surface area (Å²) in [5.41, 5.74) is 0. The zero-order valence-electron chi connectivity index (χ0n) is 8.26. The number of hydrogen-bond acceptors (Lipinski definition) is 3. The molecule has 0 bridgehead atoms. The summed E-state index contributed by atoms with van der Waals surface area (Å²) in [5, 5.41) is 6.11. The minimum Gasteiger partial charge on any atom is -0.266 e. The van der Waals surface area contributed by atoms with E-state index in [9.17, 15) is 8.42 Å². The van der Waals surface area contributed by atoms with Crippen molar-refractivity contribution in [1.29, 1.82) is 0 Å². The summed E-state index contributed by atoms with van der Waals surface area (Å²) in [6, 6.07) is 1.41. The summed E-state index contributed by atoms with van der Waals surface area (Å²) >= 11 is 0. The second kappa shape index (κ2) is 4.90. The maximum absolute atomic E-state index is 11.9. The van der Waals surface area contributed by atoms with Crippen LogP contribution in [0.1, 0.15) is 0 Å². The summed E-state index contributed by atoms with van der Waals surface area (Å²) in [6.07, 6.45) is 4.45. The number of nitrogens with zero attached hydrogens (tertiary/aromatic N) is 2. The van der Waals surface area contributed by atoms with Gasteiger partial charge in [-0.05, 0) is 6.07 Å². The van der Waals surface area contributed by atoms with E-state index in [0.29, 0.717) is 0 Å². The van der Waals surface area contributed by atoms with E-state index < -0.39 is 10.0 Å². The van der Waals surface area contributed by atoms with Crippen LogP contribution in [0.15, 0.2) is 42.6 Å². The van der Waals surface area contributed by atoms with Crippen molar-refractivity contribution >= 4 is 10.0 Å². The molecule has 0 saturated heterocycles. The van der Waals surface area contributed by atoms with Gasteiger partial charge in [-0.25, -0.2) is 8.42 Å². The lowest BCUT2D eigenvalue weighted by Gasteiger charge is -2.17. The number of hydrogen-bond donors (Lipinski definition) is 1. The molecule has 1 rings (SSSR count). The van der Waals surface area contributed by atoms with E-state index >= 15 is 0 Å². The van der Waals surface area contributed by atoms with Crippen molar-refractivity contribution in [2.75, 3.05) is 13.1 Å². The molecule has 1 N–H and O–H groups in total. The third-order valence-electron chi connectivity index (χ3n) is 1.76. The molecule has 0 spiro atoms. The van der Waals surface area contributed by atoms with E-state index in [-0.39, 0.29) is 18.1 Å². The molecule has 1 aromatic rings. The molecular formula is C9H13N3O2S. The van der Waals surface area contributed by atoms with Gasteiger partial charge in [0.1, 0.15) is 0 Å². The summed E-state index contributed by atoms with van der Waals surface area (Å²) < 4.78 is 25.1. The van der Waals surface area contributed by atoms with Crippen LogP contribution in [0.4, 0.5) is 0 Å². The molecule has 0 fully saturated rings. The molecule has 0 atom stereocenters. The van der Waals surface area contributed by atoms with Gasteiger partial charge in [-0.15, -0.1) is 13.2 Å². The first-order chi connectivity index (χ1) is 7.12. The van der Waals surface area contributed by atoms with Gasteiger partial charge in [0.2, 0.25) is 0 Å². The van der Waals surface area contributed by atoms with Gasteiger partial charge in [0, 0.05) is 13.1 Å². The lowest BCUT2D eigenvalue weighted by Crippen LogP contribution is -2.31. The number of sulfonamides is 1. The van der Waals surface area contributed by atoms with Crippen LogP contribution in [0.5, 0.6) is 0 Å². The molecule has 1 aromatic heterocycles. The highest BCUT2D eigenvalue weighted by molar-refractivity contribution is 7.89. The van der Waals surface area contributed by atoms with E-state index in [1.165, 1.54) is 28.7 Å². The average Bonchev–Trinajstić information content (AvgIpc) is 2.70. The minimum absolute atomic E-state index is 0.0752. The predicted octanol–water partition coefficient (Wildman–Crippen LogP) is 0.772. The number of aromatic amines is 1. The Hall–Kier alpha value is -1.40. The van der Waals surface area contributed by atoms with Crippen LogP contribution in [-0.2, 0) is 10.0 Å². The molecule has 0 saturated carbocycles. The van der Waals surface area contributed by atoms with Crippen LogP contribution in [0.25, 0.3) is 0 Å². The first-order valence-corrected chi connectivity index (χ1v) is 5.78. The van der Waals surface area contributed by atoms with Crippen LogP contribution in [0.3, 0.4) is 0 Å². The molecule has 0 aliphatic rings. The molecule has 0 aliphatic carbocycles. The van der Waals surface area contributed by atoms with Crippen LogP contribution >= 0.6 is 0 Å². The molecule has 1 heterocycles. The monoisotopic (exact) mass is 227 g/mol. The fourth-order valence-electron chi connectivity index (χ4n) is 1.08.